The van der Waals surface area contributed by atoms with Crippen molar-refractivity contribution in [3.8, 4) is 11.5 Å². The molecule has 1 saturated heterocycles. The minimum atomic E-state index is 0.0384. The summed E-state index contributed by atoms with van der Waals surface area (Å²) in [5.41, 5.74) is 4.27. The van der Waals surface area contributed by atoms with E-state index in [1.807, 2.05) is 59.5 Å². The lowest BCUT2D eigenvalue weighted by Gasteiger charge is -2.18. The highest BCUT2D eigenvalue weighted by Crippen LogP contribution is 2.34. The molecule has 36 heavy (non-hydrogen) atoms. The van der Waals surface area contributed by atoms with Gasteiger partial charge in [-0.1, -0.05) is 38.1 Å². The Labute approximate surface area is 212 Å². The third-order valence-corrected chi connectivity index (χ3v) is 6.90. The van der Waals surface area contributed by atoms with Crippen molar-refractivity contribution in [3.05, 3.63) is 84.2 Å². The molecule has 0 spiro atoms. The van der Waals surface area contributed by atoms with E-state index in [0.717, 1.165) is 47.0 Å². The van der Waals surface area contributed by atoms with Crippen LogP contribution in [0.5, 0.6) is 11.5 Å². The Balaban J connectivity index is 1.30. The highest BCUT2D eigenvalue weighted by molar-refractivity contribution is 5.96. The fraction of sp³-hybridized carbons (Fsp3) is 0.333. The van der Waals surface area contributed by atoms with Gasteiger partial charge in [0.2, 0.25) is 5.91 Å². The number of fused-ring (bicyclic) bond motifs is 1. The number of anilines is 1. The first-order valence-electron chi connectivity index (χ1n) is 12.7. The van der Waals surface area contributed by atoms with Gasteiger partial charge in [0.05, 0.1) is 24.8 Å². The second kappa shape index (κ2) is 10.4. The summed E-state index contributed by atoms with van der Waals surface area (Å²) in [5, 5.41) is 0. The maximum Gasteiger partial charge on any atom is 0.227 e. The first-order chi connectivity index (χ1) is 17.5. The Morgan fingerprint density at radius 1 is 0.972 bits per heavy atom. The van der Waals surface area contributed by atoms with Crippen molar-refractivity contribution in [2.75, 3.05) is 25.2 Å². The van der Waals surface area contributed by atoms with E-state index < -0.39 is 0 Å². The van der Waals surface area contributed by atoms with Crippen LogP contribution in [0.3, 0.4) is 0 Å². The molecule has 6 heteroatoms. The second-order valence-corrected chi connectivity index (χ2v) is 9.64. The highest BCUT2D eigenvalue weighted by atomic mass is 16.5. The van der Waals surface area contributed by atoms with E-state index in [2.05, 4.69) is 36.6 Å². The van der Waals surface area contributed by atoms with Crippen LogP contribution in [0.15, 0.2) is 72.8 Å². The molecule has 1 fully saturated rings. The number of amides is 1. The van der Waals surface area contributed by atoms with Crippen molar-refractivity contribution in [2.45, 2.75) is 45.1 Å². The van der Waals surface area contributed by atoms with Crippen molar-refractivity contribution in [3.63, 3.8) is 0 Å². The number of aryl methyl sites for hydroxylation is 1. The van der Waals surface area contributed by atoms with Crippen LogP contribution >= 0.6 is 0 Å². The van der Waals surface area contributed by atoms with Crippen molar-refractivity contribution >= 4 is 22.6 Å². The lowest BCUT2D eigenvalue weighted by atomic mass is 10.0. The van der Waals surface area contributed by atoms with Crippen molar-refractivity contribution in [2.24, 2.45) is 0 Å². The van der Waals surface area contributed by atoms with Crippen LogP contribution in [0.2, 0.25) is 0 Å². The molecule has 6 nitrogen and oxygen atoms in total. The lowest BCUT2D eigenvalue weighted by molar-refractivity contribution is -0.117. The number of hydrogen-bond acceptors (Lipinski definition) is 4. The van der Waals surface area contributed by atoms with Crippen LogP contribution in [-0.4, -0.2) is 35.7 Å². The first kappa shape index (κ1) is 23.9. The van der Waals surface area contributed by atoms with E-state index in [0.29, 0.717) is 25.5 Å². The number of carbonyl (C=O) groups excluding carboxylic acids is 1. The van der Waals surface area contributed by atoms with Gasteiger partial charge < -0.3 is 18.9 Å². The summed E-state index contributed by atoms with van der Waals surface area (Å²) in [5.74, 6) is 3.32. The smallest absolute Gasteiger partial charge is 0.227 e. The number of para-hydroxylation sites is 2. The molecule has 1 amide bonds. The minimum Gasteiger partial charge on any atom is -0.497 e. The van der Waals surface area contributed by atoms with Crippen molar-refractivity contribution in [1.29, 1.82) is 0 Å². The van der Waals surface area contributed by atoms with Gasteiger partial charge in [0, 0.05) is 31.1 Å². The van der Waals surface area contributed by atoms with Crippen LogP contribution in [0.25, 0.3) is 11.0 Å². The summed E-state index contributed by atoms with van der Waals surface area (Å²) in [6.07, 6.45) is 1.30. The average molecular weight is 484 g/mol. The zero-order valence-electron chi connectivity index (χ0n) is 21.2. The molecule has 0 radical (unpaired) electrons. The summed E-state index contributed by atoms with van der Waals surface area (Å²) in [7, 11) is 1.64. The summed E-state index contributed by atoms with van der Waals surface area (Å²) < 4.78 is 13.6. The van der Waals surface area contributed by atoms with Crippen LogP contribution in [0, 0.1) is 0 Å². The predicted octanol–water partition coefficient (Wildman–Crippen LogP) is 6.16. The lowest BCUT2D eigenvalue weighted by Crippen LogP contribution is -2.24. The van der Waals surface area contributed by atoms with E-state index in [9.17, 15) is 4.79 Å². The number of hydrogen-bond donors (Lipinski definition) is 0. The maximum atomic E-state index is 13.0. The summed E-state index contributed by atoms with van der Waals surface area (Å²) in [6, 6.07) is 24.2. The Morgan fingerprint density at radius 3 is 2.42 bits per heavy atom. The van der Waals surface area contributed by atoms with Gasteiger partial charge in [-0.2, -0.15) is 0 Å². The van der Waals surface area contributed by atoms with Crippen LogP contribution < -0.4 is 14.4 Å². The Bertz CT molecular complexity index is 1330. The van der Waals surface area contributed by atoms with Gasteiger partial charge in [0.15, 0.2) is 0 Å². The van der Waals surface area contributed by atoms with E-state index in [1.165, 1.54) is 5.56 Å². The van der Waals surface area contributed by atoms with Gasteiger partial charge in [0.25, 0.3) is 0 Å². The number of benzene rings is 3. The molecule has 1 unspecified atom stereocenters. The fourth-order valence-corrected chi connectivity index (χ4v) is 4.89. The third kappa shape index (κ3) is 4.94. The maximum absolute atomic E-state index is 13.0. The molecule has 0 N–H and O–H groups in total. The zero-order valence-corrected chi connectivity index (χ0v) is 21.2. The monoisotopic (exact) mass is 483 g/mol. The standard InChI is InChI=1S/C30H33N3O3/c1-21(2)22-9-13-26(14-10-22)36-18-6-17-32-28-8-5-4-7-27(28)31-30(32)23-19-29(34)33(20-23)24-11-15-25(35-3)16-12-24/h4-5,7-16,21,23H,6,17-20H2,1-3H3. The fourth-order valence-electron chi connectivity index (χ4n) is 4.89. The number of methoxy groups -OCH3 is 1. The van der Waals surface area contributed by atoms with Crippen LogP contribution in [-0.2, 0) is 11.3 Å². The van der Waals surface area contributed by atoms with Gasteiger partial charge in [-0.25, -0.2) is 4.98 Å². The molecule has 5 rings (SSSR count). The van der Waals surface area contributed by atoms with Gasteiger partial charge in [0.1, 0.15) is 17.3 Å². The Hall–Kier alpha value is -3.80. The van der Waals surface area contributed by atoms with Crippen LogP contribution in [0.1, 0.15) is 49.9 Å². The molecule has 4 aromatic rings. The number of ether oxygens (including phenoxy) is 2. The summed E-state index contributed by atoms with van der Waals surface area (Å²) in [4.78, 5) is 19.8. The quantitative estimate of drug-likeness (QED) is 0.268. The molecule has 0 bridgehead atoms. The molecular formula is C30H33N3O3. The molecular weight excluding hydrogens is 450 g/mol. The van der Waals surface area contributed by atoms with Crippen LogP contribution in [0.4, 0.5) is 5.69 Å². The summed E-state index contributed by atoms with van der Waals surface area (Å²) in [6.45, 7) is 6.41. The third-order valence-electron chi connectivity index (χ3n) is 6.90. The zero-order chi connectivity index (χ0) is 25.1. The number of aromatic nitrogens is 2. The molecule has 0 aliphatic carbocycles. The highest BCUT2D eigenvalue weighted by Gasteiger charge is 2.34. The molecule has 2 heterocycles. The largest absolute Gasteiger partial charge is 0.497 e. The normalized spacial score (nSPS) is 15.7. The molecule has 1 aliphatic heterocycles. The number of rotatable bonds is 9. The topological polar surface area (TPSA) is 56.6 Å². The van der Waals surface area contributed by atoms with Crippen molar-refractivity contribution in [1.82, 2.24) is 9.55 Å². The summed E-state index contributed by atoms with van der Waals surface area (Å²) >= 11 is 0. The predicted molar refractivity (Wildman–Crippen MR) is 143 cm³/mol. The second-order valence-electron chi connectivity index (χ2n) is 9.64. The molecule has 1 atom stereocenters. The van der Waals surface area contributed by atoms with E-state index in [1.54, 1.807) is 7.11 Å². The van der Waals surface area contributed by atoms with Gasteiger partial charge in [-0.15, -0.1) is 0 Å². The Morgan fingerprint density at radius 2 is 1.69 bits per heavy atom. The van der Waals surface area contributed by atoms with Gasteiger partial charge in [-0.3, -0.25) is 4.79 Å². The first-order valence-corrected chi connectivity index (χ1v) is 12.7. The minimum absolute atomic E-state index is 0.0384. The number of imidazole rings is 1. The SMILES string of the molecule is COc1ccc(N2CC(c3nc4ccccc4n3CCCOc3ccc(C(C)C)cc3)CC2=O)cc1. The number of carbonyl (C=O) groups is 1. The van der Waals surface area contributed by atoms with E-state index in [-0.39, 0.29) is 11.8 Å². The van der Waals surface area contributed by atoms with Crippen molar-refractivity contribution < 1.29 is 14.3 Å². The molecule has 1 aliphatic rings. The van der Waals surface area contributed by atoms with Gasteiger partial charge >= 0.3 is 0 Å². The molecule has 0 saturated carbocycles. The molecule has 1 aromatic heterocycles. The number of nitrogens with zero attached hydrogens (tertiary/aromatic N) is 3. The van der Waals surface area contributed by atoms with E-state index in [4.69, 9.17) is 14.5 Å². The Kier molecular flexibility index (Phi) is 6.94. The molecule has 3 aromatic carbocycles. The average Bonchev–Trinajstić information content (AvgIpc) is 3.47. The van der Waals surface area contributed by atoms with Gasteiger partial charge in [-0.05, 0) is 66.4 Å². The molecule has 186 valence electrons. The van der Waals surface area contributed by atoms with E-state index >= 15 is 0 Å².